The lowest BCUT2D eigenvalue weighted by molar-refractivity contribution is 0.0418. The Labute approximate surface area is 145 Å². The fraction of sp³-hybridized carbons (Fsp3) is 0.471. The number of piperidine rings is 1. The summed E-state index contributed by atoms with van der Waals surface area (Å²) in [7, 11) is 1.89. The van der Waals surface area contributed by atoms with Crippen LogP contribution in [-0.4, -0.2) is 49.8 Å². The molecule has 1 aliphatic heterocycles. The van der Waals surface area contributed by atoms with Crippen molar-refractivity contribution in [3.8, 4) is 0 Å². The summed E-state index contributed by atoms with van der Waals surface area (Å²) >= 11 is 1.48. The number of amides is 1. The molecule has 0 saturated carbocycles. The minimum absolute atomic E-state index is 0.0254. The van der Waals surface area contributed by atoms with Crippen LogP contribution in [0, 0.1) is 5.92 Å². The van der Waals surface area contributed by atoms with Gasteiger partial charge in [0.15, 0.2) is 0 Å². The number of carbonyl (C=O) groups excluding carboxylic acids is 1. The van der Waals surface area contributed by atoms with Crippen molar-refractivity contribution in [3.63, 3.8) is 0 Å². The van der Waals surface area contributed by atoms with E-state index in [2.05, 4.69) is 9.97 Å². The second-order valence-corrected chi connectivity index (χ2v) is 6.83. The molecule has 0 bridgehead atoms. The van der Waals surface area contributed by atoms with E-state index in [0.717, 1.165) is 17.9 Å². The summed E-state index contributed by atoms with van der Waals surface area (Å²) in [6, 6.07) is 3.63. The molecule has 6 nitrogen and oxygen atoms in total. The van der Waals surface area contributed by atoms with E-state index in [4.69, 9.17) is 0 Å². The number of aliphatic hydroxyl groups excluding tert-OH is 1. The van der Waals surface area contributed by atoms with Crippen LogP contribution >= 0.6 is 11.8 Å². The van der Waals surface area contributed by atoms with Crippen LogP contribution in [0.2, 0.25) is 0 Å². The molecule has 0 unspecified atom stereocenters. The average Bonchev–Trinajstić information content (AvgIpc) is 3.06. The van der Waals surface area contributed by atoms with Crippen LogP contribution in [0.4, 0.5) is 0 Å². The van der Waals surface area contributed by atoms with Gasteiger partial charge in [-0.3, -0.25) is 4.79 Å². The summed E-state index contributed by atoms with van der Waals surface area (Å²) in [6.07, 6.45) is 8.13. The Bertz CT molecular complexity index is 710. The van der Waals surface area contributed by atoms with Crippen molar-refractivity contribution < 1.29 is 9.90 Å². The number of nitrogens with zero attached hydrogens (tertiary/aromatic N) is 4. The molecular formula is C17H22N4O2S. The number of imidazole rings is 1. The number of hydrogen-bond donors (Lipinski definition) is 1. The number of carbonyl (C=O) groups is 1. The highest BCUT2D eigenvalue weighted by molar-refractivity contribution is 7.98. The van der Waals surface area contributed by atoms with Crippen molar-refractivity contribution in [2.75, 3.05) is 19.3 Å². The summed E-state index contributed by atoms with van der Waals surface area (Å²) < 4.78 is 1.85. The third kappa shape index (κ3) is 3.32. The SMILES string of the molecule is CSc1ncccc1C(=O)N1CCC([C@@H](O)c2nccn2C)CC1. The molecule has 0 aliphatic carbocycles. The lowest BCUT2D eigenvalue weighted by Gasteiger charge is -2.34. The molecule has 7 heteroatoms. The van der Waals surface area contributed by atoms with Crippen molar-refractivity contribution in [2.45, 2.75) is 24.0 Å². The quantitative estimate of drug-likeness (QED) is 0.859. The van der Waals surface area contributed by atoms with Gasteiger partial charge in [0.05, 0.1) is 5.56 Å². The normalized spacial score (nSPS) is 17.0. The van der Waals surface area contributed by atoms with Crippen LogP contribution < -0.4 is 0 Å². The van der Waals surface area contributed by atoms with E-state index >= 15 is 0 Å². The maximum atomic E-state index is 12.7. The average molecular weight is 346 g/mol. The summed E-state index contributed by atoms with van der Waals surface area (Å²) in [5.74, 6) is 0.846. The Morgan fingerprint density at radius 1 is 1.33 bits per heavy atom. The maximum absolute atomic E-state index is 12.7. The van der Waals surface area contributed by atoms with Crippen molar-refractivity contribution in [1.82, 2.24) is 19.4 Å². The molecule has 1 atom stereocenters. The predicted octanol–water partition coefficient (Wildman–Crippen LogP) is 2.12. The zero-order valence-corrected chi connectivity index (χ0v) is 14.7. The van der Waals surface area contributed by atoms with E-state index in [1.165, 1.54) is 11.8 Å². The van der Waals surface area contributed by atoms with Crippen LogP contribution in [0.3, 0.4) is 0 Å². The highest BCUT2D eigenvalue weighted by atomic mass is 32.2. The molecule has 2 aromatic rings. The lowest BCUT2D eigenvalue weighted by Crippen LogP contribution is -2.40. The molecule has 1 aliphatic rings. The zero-order chi connectivity index (χ0) is 17.1. The van der Waals surface area contributed by atoms with E-state index in [1.807, 2.05) is 35.0 Å². The Morgan fingerprint density at radius 3 is 2.71 bits per heavy atom. The Balaban J connectivity index is 1.65. The maximum Gasteiger partial charge on any atom is 0.256 e. The van der Waals surface area contributed by atoms with Gasteiger partial charge in [-0.1, -0.05) is 0 Å². The molecule has 0 aromatic carbocycles. The first-order valence-electron chi connectivity index (χ1n) is 8.05. The van der Waals surface area contributed by atoms with Crippen molar-refractivity contribution in [2.24, 2.45) is 13.0 Å². The van der Waals surface area contributed by atoms with E-state index in [-0.39, 0.29) is 11.8 Å². The Morgan fingerprint density at radius 2 is 2.08 bits per heavy atom. The molecule has 3 heterocycles. The molecule has 1 fully saturated rings. The van der Waals surface area contributed by atoms with E-state index in [0.29, 0.717) is 24.5 Å². The first-order valence-corrected chi connectivity index (χ1v) is 9.28. The van der Waals surface area contributed by atoms with Crippen LogP contribution in [-0.2, 0) is 7.05 Å². The summed E-state index contributed by atoms with van der Waals surface area (Å²) in [4.78, 5) is 23.1. The van der Waals surface area contributed by atoms with Crippen LogP contribution in [0.1, 0.15) is 35.1 Å². The molecule has 1 saturated heterocycles. The van der Waals surface area contributed by atoms with Gasteiger partial charge in [0.1, 0.15) is 17.0 Å². The van der Waals surface area contributed by atoms with Gasteiger partial charge in [0.2, 0.25) is 0 Å². The first-order chi connectivity index (χ1) is 11.6. The van der Waals surface area contributed by atoms with Crippen LogP contribution in [0.25, 0.3) is 0 Å². The molecule has 1 amide bonds. The number of thioether (sulfide) groups is 1. The standard InChI is InChI=1S/C17H22N4O2S/c1-20-11-8-18-15(20)14(22)12-5-9-21(10-6-12)17(23)13-4-3-7-19-16(13)24-2/h3-4,7-8,11-12,14,22H,5-6,9-10H2,1-2H3/t14-/m1/s1. The van der Waals surface area contributed by atoms with Crippen molar-refractivity contribution in [1.29, 1.82) is 0 Å². The van der Waals surface area contributed by atoms with Gasteiger partial charge >= 0.3 is 0 Å². The molecule has 0 radical (unpaired) electrons. The third-order valence-corrected chi connectivity index (χ3v) is 5.30. The van der Waals surface area contributed by atoms with Crippen LogP contribution in [0.5, 0.6) is 0 Å². The predicted molar refractivity (Wildman–Crippen MR) is 92.8 cm³/mol. The van der Waals surface area contributed by atoms with Gasteiger partial charge in [-0.05, 0) is 37.1 Å². The molecular weight excluding hydrogens is 324 g/mol. The summed E-state index contributed by atoms with van der Waals surface area (Å²) in [5, 5.41) is 11.3. The van der Waals surface area contributed by atoms with E-state index < -0.39 is 6.10 Å². The highest BCUT2D eigenvalue weighted by Crippen LogP contribution is 2.30. The van der Waals surface area contributed by atoms with Gasteiger partial charge in [-0.25, -0.2) is 9.97 Å². The van der Waals surface area contributed by atoms with E-state index in [9.17, 15) is 9.90 Å². The molecule has 1 N–H and O–H groups in total. The number of aromatic nitrogens is 3. The van der Waals surface area contributed by atoms with E-state index in [1.54, 1.807) is 18.5 Å². The van der Waals surface area contributed by atoms with Crippen molar-refractivity contribution >= 4 is 17.7 Å². The van der Waals surface area contributed by atoms with Crippen molar-refractivity contribution in [3.05, 3.63) is 42.1 Å². The van der Waals surface area contributed by atoms with Crippen LogP contribution in [0.15, 0.2) is 35.7 Å². The summed E-state index contributed by atoms with van der Waals surface area (Å²) in [6.45, 7) is 1.29. The molecule has 3 rings (SSSR count). The second-order valence-electron chi connectivity index (χ2n) is 6.03. The third-order valence-electron chi connectivity index (χ3n) is 4.59. The number of aliphatic hydroxyl groups is 1. The fourth-order valence-electron chi connectivity index (χ4n) is 3.18. The zero-order valence-electron chi connectivity index (χ0n) is 13.9. The molecule has 0 spiro atoms. The minimum atomic E-state index is -0.581. The smallest absolute Gasteiger partial charge is 0.256 e. The van der Waals surface area contributed by atoms with Gasteiger partial charge in [0.25, 0.3) is 5.91 Å². The minimum Gasteiger partial charge on any atom is -0.385 e. The number of hydrogen-bond acceptors (Lipinski definition) is 5. The number of aryl methyl sites for hydroxylation is 1. The number of likely N-dealkylation sites (tertiary alicyclic amines) is 1. The van der Waals surface area contributed by atoms with Gasteiger partial charge in [-0.2, -0.15) is 0 Å². The Hall–Kier alpha value is -1.86. The monoisotopic (exact) mass is 346 g/mol. The van der Waals surface area contributed by atoms with Gasteiger partial charge in [-0.15, -0.1) is 11.8 Å². The highest BCUT2D eigenvalue weighted by Gasteiger charge is 2.31. The first kappa shape index (κ1) is 17.0. The van der Waals surface area contributed by atoms with Gasteiger partial charge in [0, 0.05) is 38.7 Å². The fourth-order valence-corrected chi connectivity index (χ4v) is 3.72. The topological polar surface area (TPSA) is 71.2 Å². The molecule has 128 valence electrons. The molecule has 2 aromatic heterocycles. The molecule has 24 heavy (non-hydrogen) atoms. The number of rotatable bonds is 4. The largest absolute Gasteiger partial charge is 0.385 e. The summed E-state index contributed by atoms with van der Waals surface area (Å²) in [5.41, 5.74) is 0.660. The second kappa shape index (κ2) is 7.36. The Kier molecular flexibility index (Phi) is 5.20. The van der Waals surface area contributed by atoms with Gasteiger partial charge < -0.3 is 14.6 Å². The number of pyridine rings is 1. The lowest BCUT2D eigenvalue weighted by atomic mass is 9.90.